The van der Waals surface area contributed by atoms with Gasteiger partial charge < -0.3 is 0 Å². The van der Waals surface area contributed by atoms with Crippen LogP contribution in [-0.2, 0) is 0 Å². The summed E-state index contributed by atoms with van der Waals surface area (Å²) in [5.74, 6) is 0. The van der Waals surface area contributed by atoms with E-state index in [2.05, 4.69) is 28.3 Å². The molecule has 1 aromatic rings. The Labute approximate surface area is 70.4 Å². The summed E-state index contributed by atoms with van der Waals surface area (Å²) in [5, 5.41) is 1.28. The van der Waals surface area contributed by atoms with E-state index in [-0.39, 0.29) is 18.9 Å². The van der Waals surface area contributed by atoms with Gasteiger partial charge >= 0.3 is 0 Å². The van der Waals surface area contributed by atoms with Gasteiger partial charge in [-0.05, 0) is 17.8 Å². The fraction of sp³-hybridized carbons (Fsp3) is 0.143. The molecular formula is C7H9LiP. The normalized spacial score (nSPS) is 8.22. The van der Waals surface area contributed by atoms with Gasteiger partial charge in [0, 0.05) is 18.9 Å². The molecule has 0 amide bonds. The number of hydrogen-bond acceptors (Lipinski definition) is 0. The van der Waals surface area contributed by atoms with Crippen molar-refractivity contribution in [3.63, 3.8) is 0 Å². The van der Waals surface area contributed by atoms with Gasteiger partial charge in [0.1, 0.15) is 0 Å². The van der Waals surface area contributed by atoms with E-state index < -0.39 is 0 Å². The molecule has 0 nitrogen and oxygen atoms in total. The van der Waals surface area contributed by atoms with Gasteiger partial charge in [-0.25, -0.2) is 0 Å². The molecule has 0 spiro atoms. The molecule has 0 heterocycles. The van der Waals surface area contributed by atoms with E-state index in [1.165, 1.54) is 10.9 Å². The zero-order chi connectivity index (χ0) is 5.98. The number of benzene rings is 1. The van der Waals surface area contributed by atoms with Crippen LogP contribution in [0, 0.1) is 6.92 Å². The quantitative estimate of drug-likeness (QED) is 0.365. The number of rotatable bonds is 0. The molecule has 0 saturated carbocycles. The average molecular weight is 131 g/mol. The Kier molecular flexibility index (Phi) is 4.24. The standard InChI is InChI=1S/C7H9P.Li/c1-6-4-2-3-5-7(6)8;/h2-5H,8H2,1H3;. The molecule has 1 unspecified atom stereocenters. The summed E-state index contributed by atoms with van der Waals surface area (Å²) >= 11 is 0. The van der Waals surface area contributed by atoms with Crippen molar-refractivity contribution in [2.24, 2.45) is 0 Å². The minimum absolute atomic E-state index is 0. The molecule has 1 radical (unpaired) electrons. The molecule has 0 aromatic heterocycles. The third-order valence-corrected chi connectivity index (χ3v) is 1.84. The molecule has 43 valence electrons. The first-order valence-corrected chi connectivity index (χ1v) is 3.19. The monoisotopic (exact) mass is 131 g/mol. The summed E-state index contributed by atoms with van der Waals surface area (Å²) in [6, 6.07) is 8.26. The largest absolute Gasteiger partial charge is 0.105 e. The van der Waals surface area contributed by atoms with Crippen LogP contribution in [0.3, 0.4) is 0 Å². The van der Waals surface area contributed by atoms with Crippen molar-refractivity contribution in [2.75, 3.05) is 0 Å². The van der Waals surface area contributed by atoms with Crippen molar-refractivity contribution < 1.29 is 0 Å². The van der Waals surface area contributed by atoms with Gasteiger partial charge in [0.25, 0.3) is 0 Å². The Morgan fingerprint density at radius 2 is 1.78 bits per heavy atom. The maximum atomic E-state index is 2.69. The molecule has 0 aliphatic carbocycles. The summed E-state index contributed by atoms with van der Waals surface area (Å²) in [5.41, 5.74) is 1.33. The molecule has 2 heteroatoms. The van der Waals surface area contributed by atoms with Crippen LogP contribution in [0.15, 0.2) is 24.3 Å². The van der Waals surface area contributed by atoms with Crippen LogP contribution in [0.1, 0.15) is 5.56 Å². The summed E-state index contributed by atoms with van der Waals surface area (Å²) in [4.78, 5) is 0. The zero-order valence-corrected chi connectivity index (χ0v) is 7.04. The van der Waals surface area contributed by atoms with E-state index in [0.29, 0.717) is 0 Å². The van der Waals surface area contributed by atoms with Crippen molar-refractivity contribution in [3.8, 4) is 0 Å². The molecule has 0 aliphatic heterocycles. The van der Waals surface area contributed by atoms with E-state index in [1.54, 1.807) is 0 Å². The van der Waals surface area contributed by atoms with Gasteiger partial charge in [0.05, 0.1) is 0 Å². The number of aryl methyl sites for hydroxylation is 1. The van der Waals surface area contributed by atoms with Gasteiger partial charge in [-0.2, -0.15) is 0 Å². The van der Waals surface area contributed by atoms with Gasteiger partial charge in [-0.15, -0.1) is 9.24 Å². The topological polar surface area (TPSA) is 0 Å². The Bertz CT molecular complexity index is 165. The molecular weight excluding hydrogens is 122 g/mol. The van der Waals surface area contributed by atoms with E-state index >= 15 is 0 Å². The van der Waals surface area contributed by atoms with Crippen LogP contribution in [0.5, 0.6) is 0 Å². The van der Waals surface area contributed by atoms with Gasteiger partial charge in [-0.1, -0.05) is 24.3 Å². The Hall–Kier alpha value is 0.247. The molecule has 0 fully saturated rings. The first-order chi connectivity index (χ1) is 3.80. The number of hydrogen-bond donors (Lipinski definition) is 0. The molecule has 1 rings (SSSR count). The van der Waals surface area contributed by atoms with Crippen LogP contribution >= 0.6 is 9.24 Å². The van der Waals surface area contributed by atoms with Crippen molar-refractivity contribution in [2.45, 2.75) is 6.92 Å². The fourth-order valence-electron chi connectivity index (χ4n) is 0.587. The Morgan fingerprint density at radius 3 is 2.11 bits per heavy atom. The summed E-state index contributed by atoms with van der Waals surface area (Å²) < 4.78 is 0. The molecule has 9 heavy (non-hydrogen) atoms. The summed E-state index contributed by atoms with van der Waals surface area (Å²) in [6.07, 6.45) is 0. The van der Waals surface area contributed by atoms with Crippen molar-refractivity contribution in [1.82, 2.24) is 0 Å². The molecule has 1 aromatic carbocycles. The Balaban J connectivity index is 0.000000640. The molecule has 0 N–H and O–H groups in total. The molecule has 0 saturated heterocycles. The van der Waals surface area contributed by atoms with E-state index in [0.717, 1.165) is 0 Å². The second-order valence-corrected chi connectivity index (χ2v) is 2.48. The average Bonchev–Trinajstić information content (AvgIpc) is 1.77. The maximum absolute atomic E-state index is 2.69. The van der Waals surface area contributed by atoms with E-state index in [4.69, 9.17) is 0 Å². The zero-order valence-electron chi connectivity index (χ0n) is 5.89. The van der Waals surface area contributed by atoms with Crippen molar-refractivity contribution in [1.29, 1.82) is 0 Å². The minimum Gasteiger partial charge on any atom is -0.105 e. The Morgan fingerprint density at radius 1 is 1.22 bits per heavy atom. The van der Waals surface area contributed by atoms with E-state index in [9.17, 15) is 0 Å². The third kappa shape index (κ3) is 2.54. The van der Waals surface area contributed by atoms with Crippen LogP contribution < -0.4 is 5.30 Å². The van der Waals surface area contributed by atoms with Crippen molar-refractivity contribution >= 4 is 33.4 Å². The molecule has 0 bridgehead atoms. The maximum Gasteiger partial charge on any atom is 0 e. The fourth-order valence-corrected chi connectivity index (χ4v) is 0.794. The minimum atomic E-state index is 0. The van der Waals surface area contributed by atoms with E-state index in [1.807, 2.05) is 12.1 Å². The van der Waals surface area contributed by atoms with Crippen LogP contribution in [0.25, 0.3) is 0 Å². The van der Waals surface area contributed by atoms with Crippen molar-refractivity contribution in [3.05, 3.63) is 29.8 Å². The first-order valence-electron chi connectivity index (χ1n) is 2.62. The first kappa shape index (κ1) is 9.25. The summed E-state index contributed by atoms with van der Waals surface area (Å²) in [7, 11) is 2.69. The van der Waals surface area contributed by atoms with Gasteiger partial charge in [0.2, 0.25) is 0 Å². The van der Waals surface area contributed by atoms with Crippen LogP contribution in [0.4, 0.5) is 0 Å². The van der Waals surface area contributed by atoms with Crippen LogP contribution in [0.2, 0.25) is 0 Å². The predicted octanol–water partition coefficient (Wildman–Crippen LogP) is 1.11. The van der Waals surface area contributed by atoms with Crippen LogP contribution in [-0.4, -0.2) is 18.9 Å². The smallest absolute Gasteiger partial charge is 0 e. The molecule has 1 atom stereocenters. The second-order valence-electron chi connectivity index (χ2n) is 1.86. The third-order valence-electron chi connectivity index (χ3n) is 1.19. The SMILES string of the molecule is Cc1ccccc1P.[Li]. The summed E-state index contributed by atoms with van der Waals surface area (Å²) in [6.45, 7) is 2.10. The van der Waals surface area contributed by atoms with Gasteiger partial charge in [-0.3, -0.25) is 0 Å². The molecule has 0 aliphatic rings. The predicted molar refractivity (Wildman–Crippen MR) is 46.3 cm³/mol. The second kappa shape index (κ2) is 4.13. The van der Waals surface area contributed by atoms with Gasteiger partial charge in [0.15, 0.2) is 0 Å².